The van der Waals surface area contributed by atoms with E-state index >= 15 is 0 Å². The first-order chi connectivity index (χ1) is 7.67. The van der Waals surface area contributed by atoms with Crippen molar-refractivity contribution in [2.45, 2.75) is 19.3 Å². The van der Waals surface area contributed by atoms with E-state index in [2.05, 4.69) is 11.3 Å². The van der Waals surface area contributed by atoms with E-state index in [-0.39, 0.29) is 11.7 Å². The Hall–Kier alpha value is -1.77. The van der Waals surface area contributed by atoms with Crippen LogP contribution in [-0.4, -0.2) is 18.2 Å². The molecule has 0 radical (unpaired) electrons. The van der Waals surface area contributed by atoms with E-state index < -0.39 is 0 Å². The number of aryl methyl sites for hydroxylation is 1. The Morgan fingerprint density at radius 3 is 2.94 bits per heavy atom. The lowest BCUT2D eigenvalue weighted by Gasteiger charge is -2.04. The summed E-state index contributed by atoms with van der Waals surface area (Å²) in [5, 5.41) is 9.44. The zero-order valence-electron chi connectivity index (χ0n) is 9.40. The molecule has 3 heteroatoms. The Morgan fingerprint density at radius 1 is 1.56 bits per heavy atom. The number of methoxy groups -OCH3 is 1. The summed E-state index contributed by atoms with van der Waals surface area (Å²) < 4.78 is 4.56. The van der Waals surface area contributed by atoms with E-state index in [0.29, 0.717) is 6.42 Å². The van der Waals surface area contributed by atoms with Crippen LogP contribution in [-0.2, 0) is 16.0 Å². The molecule has 0 bridgehead atoms. The summed E-state index contributed by atoms with van der Waals surface area (Å²) in [6, 6.07) is 5.36. The van der Waals surface area contributed by atoms with Gasteiger partial charge in [0.05, 0.1) is 7.11 Å². The molecule has 1 N–H and O–H groups in total. The Kier molecular flexibility index (Phi) is 4.58. The molecule has 1 aromatic carbocycles. The summed E-state index contributed by atoms with van der Waals surface area (Å²) in [6.45, 7) is 3.62. The number of carbonyl (C=O) groups is 1. The van der Waals surface area contributed by atoms with E-state index in [1.54, 1.807) is 12.1 Å². The molecule has 3 nitrogen and oxygen atoms in total. The van der Waals surface area contributed by atoms with Crippen molar-refractivity contribution in [1.82, 2.24) is 0 Å². The SMILES string of the molecule is C=Cc1cc(CCCC(=O)OC)ccc1O. The summed E-state index contributed by atoms with van der Waals surface area (Å²) in [4.78, 5) is 10.9. The van der Waals surface area contributed by atoms with E-state index in [4.69, 9.17) is 0 Å². The highest BCUT2D eigenvalue weighted by Gasteiger charge is 2.02. The zero-order chi connectivity index (χ0) is 12.0. The molecule has 0 spiro atoms. The molecule has 0 atom stereocenters. The molecule has 86 valence electrons. The summed E-state index contributed by atoms with van der Waals surface area (Å²) in [5.74, 6) is 0.0365. The average molecular weight is 220 g/mol. The molecule has 0 saturated heterocycles. The first-order valence-corrected chi connectivity index (χ1v) is 5.18. The fourth-order valence-electron chi connectivity index (χ4n) is 1.46. The van der Waals surface area contributed by atoms with Crippen LogP contribution < -0.4 is 0 Å². The second-order valence-corrected chi connectivity index (χ2v) is 3.53. The van der Waals surface area contributed by atoms with Crippen molar-refractivity contribution in [3.63, 3.8) is 0 Å². The summed E-state index contributed by atoms with van der Waals surface area (Å²) in [7, 11) is 1.39. The lowest BCUT2D eigenvalue weighted by atomic mass is 10.0. The number of aromatic hydroxyl groups is 1. The Balaban J connectivity index is 2.54. The first-order valence-electron chi connectivity index (χ1n) is 5.18. The molecule has 0 fully saturated rings. The highest BCUT2D eigenvalue weighted by Crippen LogP contribution is 2.20. The molecule has 0 aliphatic heterocycles. The molecule has 0 saturated carbocycles. The molecule has 0 aliphatic carbocycles. The van der Waals surface area contributed by atoms with Crippen molar-refractivity contribution in [2.24, 2.45) is 0 Å². The molecule has 0 aromatic heterocycles. The fourth-order valence-corrected chi connectivity index (χ4v) is 1.46. The smallest absolute Gasteiger partial charge is 0.305 e. The molecular weight excluding hydrogens is 204 g/mol. The summed E-state index contributed by atoms with van der Waals surface area (Å²) in [5.41, 5.74) is 1.80. The maximum absolute atomic E-state index is 10.9. The molecule has 1 rings (SSSR count). The molecule has 0 unspecified atom stereocenters. The van der Waals surface area contributed by atoms with Gasteiger partial charge in [0.25, 0.3) is 0 Å². The van der Waals surface area contributed by atoms with Crippen molar-refractivity contribution >= 4 is 12.0 Å². The standard InChI is InChI=1S/C13H16O3/c1-3-11-9-10(7-8-12(11)14)5-4-6-13(15)16-2/h3,7-9,14H,1,4-6H2,2H3. The van der Waals surface area contributed by atoms with E-state index in [1.165, 1.54) is 7.11 Å². The largest absolute Gasteiger partial charge is 0.507 e. The number of rotatable bonds is 5. The minimum absolute atomic E-state index is 0.192. The third-order valence-electron chi connectivity index (χ3n) is 2.39. The van der Waals surface area contributed by atoms with Crippen LogP contribution in [0.3, 0.4) is 0 Å². The predicted molar refractivity (Wildman–Crippen MR) is 63.2 cm³/mol. The van der Waals surface area contributed by atoms with E-state index in [9.17, 15) is 9.90 Å². The lowest BCUT2D eigenvalue weighted by Crippen LogP contribution is -2.00. The Bertz CT molecular complexity index is 383. The Morgan fingerprint density at radius 2 is 2.31 bits per heavy atom. The van der Waals surface area contributed by atoms with Gasteiger partial charge in [-0.15, -0.1) is 0 Å². The van der Waals surface area contributed by atoms with Gasteiger partial charge in [-0.2, -0.15) is 0 Å². The maximum atomic E-state index is 10.9. The van der Waals surface area contributed by atoms with E-state index in [1.807, 2.05) is 12.1 Å². The minimum atomic E-state index is -0.192. The summed E-state index contributed by atoms with van der Waals surface area (Å²) >= 11 is 0. The van der Waals surface area contributed by atoms with Crippen LogP contribution in [0.5, 0.6) is 5.75 Å². The van der Waals surface area contributed by atoms with Crippen LogP contribution in [0.2, 0.25) is 0 Å². The molecule has 0 amide bonds. The van der Waals surface area contributed by atoms with E-state index in [0.717, 1.165) is 24.0 Å². The van der Waals surface area contributed by atoms with Crippen LogP contribution in [0.25, 0.3) is 6.08 Å². The van der Waals surface area contributed by atoms with Crippen molar-refractivity contribution in [3.05, 3.63) is 35.9 Å². The van der Waals surface area contributed by atoms with Crippen LogP contribution in [0.4, 0.5) is 0 Å². The minimum Gasteiger partial charge on any atom is -0.507 e. The van der Waals surface area contributed by atoms with Crippen molar-refractivity contribution in [3.8, 4) is 5.75 Å². The number of phenolic OH excluding ortho intramolecular Hbond substituents is 1. The van der Waals surface area contributed by atoms with Gasteiger partial charge in [-0.25, -0.2) is 0 Å². The highest BCUT2D eigenvalue weighted by atomic mass is 16.5. The van der Waals surface area contributed by atoms with Crippen LogP contribution >= 0.6 is 0 Å². The van der Waals surface area contributed by atoms with Gasteiger partial charge in [0, 0.05) is 12.0 Å². The number of benzene rings is 1. The van der Waals surface area contributed by atoms with Gasteiger partial charge in [-0.3, -0.25) is 4.79 Å². The van der Waals surface area contributed by atoms with Gasteiger partial charge in [-0.1, -0.05) is 18.7 Å². The highest BCUT2D eigenvalue weighted by molar-refractivity contribution is 5.69. The molecule has 0 aliphatic rings. The molecular formula is C13H16O3. The predicted octanol–water partition coefficient (Wildman–Crippen LogP) is 2.53. The van der Waals surface area contributed by atoms with Crippen LogP contribution in [0.1, 0.15) is 24.0 Å². The number of hydrogen-bond donors (Lipinski definition) is 1. The van der Waals surface area contributed by atoms with Crippen LogP contribution in [0.15, 0.2) is 24.8 Å². The number of esters is 1. The number of ether oxygens (including phenoxy) is 1. The van der Waals surface area contributed by atoms with Crippen molar-refractivity contribution < 1.29 is 14.6 Å². The topological polar surface area (TPSA) is 46.5 Å². The summed E-state index contributed by atoms with van der Waals surface area (Å²) in [6.07, 6.45) is 3.56. The van der Waals surface area contributed by atoms with Gasteiger partial charge >= 0.3 is 5.97 Å². The van der Waals surface area contributed by atoms with Gasteiger partial charge in [-0.05, 0) is 30.5 Å². The first kappa shape index (κ1) is 12.3. The molecule has 1 aromatic rings. The maximum Gasteiger partial charge on any atom is 0.305 e. The zero-order valence-corrected chi connectivity index (χ0v) is 9.40. The number of phenols is 1. The number of carbonyl (C=O) groups excluding carboxylic acids is 1. The fraction of sp³-hybridized carbons (Fsp3) is 0.308. The van der Waals surface area contributed by atoms with Gasteiger partial charge < -0.3 is 9.84 Å². The van der Waals surface area contributed by atoms with Gasteiger partial charge in [0.1, 0.15) is 5.75 Å². The second kappa shape index (κ2) is 5.95. The average Bonchev–Trinajstić information content (AvgIpc) is 2.31. The lowest BCUT2D eigenvalue weighted by molar-refractivity contribution is -0.140. The quantitative estimate of drug-likeness (QED) is 0.775. The normalized spacial score (nSPS) is 9.81. The molecule has 16 heavy (non-hydrogen) atoms. The third-order valence-corrected chi connectivity index (χ3v) is 2.39. The van der Waals surface area contributed by atoms with Gasteiger partial charge in [0.2, 0.25) is 0 Å². The number of hydrogen-bond acceptors (Lipinski definition) is 3. The van der Waals surface area contributed by atoms with Crippen LogP contribution in [0, 0.1) is 0 Å². The Labute approximate surface area is 95.4 Å². The molecule has 0 heterocycles. The second-order valence-electron chi connectivity index (χ2n) is 3.53. The third kappa shape index (κ3) is 3.42. The van der Waals surface area contributed by atoms with Crippen molar-refractivity contribution in [1.29, 1.82) is 0 Å². The van der Waals surface area contributed by atoms with Crippen molar-refractivity contribution in [2.75, 3.05) is 7.11 Å². The van der Waals surface area contributed by atoms with Gasteiger partial charge in [0.15, 0.2) is 0 Å². The monoisotopic (exact) mass is 220 g/mol.